The lowest BCUT2D eigenvalue weighted by Crippen LogP contribution is -2.54. The summed E-state index contributed by atoms with van der Waals surface area (Å²) < 4.78 is 0. The summed E-state index contributed by atoms with van der Waals surface area (Å²) in [5, 5.41) is 8.87. The van der Waals surface area contributed by atoms with Crippen LogP contribution in [0.1, 0.15) is 22.8 Å². The van der Waals surface area contributed by atoms with Crippen molar-refractivity contribution in [3.05, 3.63) is 47.8 Å². The topological polar surface area (TPSA) is 75.3 Å². The Hall–Kier alpha value is -3.14. The van der Waals surface area contributed by atoms with Crippen molar-refractivity contribution in [2.75, 3.05) is 32.7 Å². The van der Waals surface area contributed by atoms with Gasteiger partial charge in [0.2, 0.25) is 0 Å². The molecule has 4 rings (SSSR count). The molecular weight excluding hydrogens is 328 g/mol. The van der Waals surface area contributed by atoms with E-state index in [1.807, 2.05) is 17.3 Å². The number of fused-ring (bicyclic) bond motifs is 1. The highest BCUT2D eigenvalue weighted by atomic mass is 16.2. The molecule has 7 heteroatoms. The number of hydrogen-bond acceptors (Lipinski definition) is 6. The number of benzene rings is 1. The maximum atomic E-state index is 12.7. The second-order valence-electron chi connectivity index (χ2n) is 6.64. The van der Waals surface area contributed by atoms with Crippen LogP contribution in [0.2, 0.25) is 0 Å². The molecule has 0 saturated carbocycles. The number of nitriles is 1. The van der Waals surface area contributed by atoms with Crippen molar-refractivity contribution in [1.82, 2.24) is 14.7 Å². The predicted octanol–water partition coefficient (Wildman–Crippen LogP) is 1.30. The molecule has 7 nitrogen and oxygen atoms in total. The lowest BCUT2D eigenvalue weighted by Gasteiger charge is -2.38. The summed E-state index contributed by atoms with van der Waals surface area (Å²) in [6.07, 6.45) is 3.80. The molecule has 26 heavy (non-hydrogen) atoms. The molecule has 0 radical (unpaired) electrons. The highest BCUT2D eigenvalue weighted by Gasteiger charge is 2.33. The molecule has 1 aromatic rings. The SMILES string of the molecule is C[C@H]1CN=C2C(N3CCN(C(=O)c4ccc(C#N)cc4)CC3)=NC=CN21. The summed E-state index contributed by atoms with van der Waals surface area (Å²) >= 11 is 0. The van der Waals surface area contributed by atoms with Gasteiger partial charge >= 0.3 is 0 Å². The highest BCUT2D eigenvalue weighted by Crippen LogP contribution is 2.18. The zero-order valence-electron chi connectivity index (χ0n) is 14.7. The van der Waals surface area contributed by atoms with Crippen LogP contribution >= 0.6 is 0 Å². The third-order valence-electron chi connectivity index (χ3n) is 4.98. The fourth-order valence-corrected chi connectivity index (χ4v) is 3.45. The van der Waals surface area contributed by atoms with E-state index in [0.29, 0.717) is 30.3 Å². The summed E-state index contributed by atoms with van der Waals surface area (Å²) in [6, 6.07) is 9.24. The van der Waals surface area contributed by atoms with E-state index in [1.54, 1.807) is 24.3 Å². The van der Waals surface area contributed by atoms with Gasteiger partial charge in [-0.1, -0.05) is 0 Å². The number of amidine groups is 2. The molecule has 3 aliphatic heterocycles. The minimum Gasteiger partial charge on any atom is -0.350 e. The Balaban J connectivity index is 1.41. The lowest BCUT2D eigenvalue weighted by molar-refractivity contribution is 0.0692. The molecule has 1 aromatic carbocycles. The molecule has 0 spiro atoms. The Labute approximate surface area is 152 Å². The quantitative estimate of drug-likeness (QED) is 0.767. The Bertz CT molecular complexity index is 840. The highest BCUT2D eigenvalue weighted by molar-refractivity contribution is 6.41. The van der Waals surface area contributed by atoms with Crippen molar-refractivity contribution < 1.29 is 4.79 Å². The largest absolute Gasteiger partial charge is 0.350 e. The molecule has 0 aromatic heterocycles. The first-order chi connectivity index (χ1) is 12.7. The van der Waals surface area contributed by atoms with Crippen molar-refractivity contribution in [2.45, 2.75) is 13.0 Å². The summed E-state index contributed by atoms with van der Waals surface area (Å²) in [4.78, 5) is 28.0. The molecule has 1 amide bonds. The Morgan fingerprint density at radius 3 is 2.58 bits per heavy atom. The van der Waals surface area contributed by atoms with Gasteiger partial charge in [-0.2, -0.15) is 5.26 Å². The van der Waals surface area contributed by atoms with Crippen molar-refractivity contribution in [3.8, 4) is 6.07 Å². The van der Waals surface area contributed by atoms with Crippen LogP contribution in [-0.2, 0) is 0 Å². The van der Waals surface area contributed by atoms with E-state index in [-0.39, 0.29) is 5.91 Å². The molecule has 0 N–H and O–H groups in total. The molecular formula is C19H20N6O. The van der Waals surface area contributed by atoms with Gasteiger partial charge in [0, 0.05) is 44.1 Å². The average Bonchev–Trinajstić information content (AvgIpc) is 3.09. The molecule has 3 heterocycles. The van der Waals surface area contributed by atoms with E-state index < -0.39 is 0 Å². The molecule has 1 atom stereocenters. The van der Waals surface area contributed by atoms with E-state index in [1.165, 1.54) is 0 Å². The Kier molecular flexibility index (Phi) is 4.17. The number of carbonyl (C=O) groups is 1. The van der Waals surface area contributed by atoms with Gasteiger partial charge in [-0.05, 0) is 31.2 Å². The van der Waals surface area contributed by atoms with Crippen molar-refractivity contribution in [3.63, 3.8) is 0 Å². The second kappa shape index (κ2) is 6.64. The normalized spacial score (nSPS) is 21.8. The number of amides is 1. The van der Waals surface area contributed by atoms with E-state index in [2.05, 4.69) is 32.8 Å². The minimum absolute atomic E-state index is 0.00748. The maximum Gasteiger partial charge on any atom is 0.253 e. The molecule has 0 unspecified atom stereocenters. The van der Waals surface area contributed by atoms with Crippen LogP contribution in [-0.4, -0.2) is 71.0 Å². The standard InChI is InChI=1S/C19H20N6O/c1-14-13-22-18-17(21-6-7-25(14)18)23-8-10-24(11-9-23)19(26)16-4-2-15(12-20)3-5-16/h2-7,14H,8-11,13H2,1H3/t14-/m0/s1. The van der Waals surface area contributed by atoms with Gasteiger partial charge in [-0.3, -0.25) is 9.79 Å². The van der Waals surface area contributed by atoms with Crippen LogP contribution in [0.3, 0.4) is 0 Å². The van der Waals surface area contributed by atoms with Gasteiger partial charge < -0.3 is 14.7 Å². The third kappa shape index (κ3) is 2.84. The number of rotatable bonds is 1. The zero-order chi connectivity index (χ0) is 18.1. The van der Waals surface area contributed by atoms with Crippen LogP contribution in [0.15, 0.2) is 46.7 Å². The van der Waals surface area contributed by atoms with E-state index in [0.717, 1.165) is 31.3 Å². The van der Waals surface area contributed by atoms with Gasteiger partial charge in [0.05, 0.1) is 24.2 Å². The number of aliphatic imine (C=N–C) groups is 2. The summed E-state index contributed by atoms with van der Waals surface area (Å²) in [6.45, 7) is 5.69. The van der Waals surface area contributed by atoms with Gasteiger partial charge in [0.15, 0.2) is 11.7 Å². The van der Waals surface area contributed by atoms with Gasteiger partial charge in [-0.15, -0.1) is 0 Å². The van der Waals surface area contributed by atoms with Gasteiger partial charge in [0.25, 0.3) is 5.91 Å². The van der Waals surface area contributed by atoms with Crippen LogP contribution in [0.5, 0.6) is 0 Å². The lowest BCUT2D eigenvalue weighted by atomic mass is 10.1. The van der Waals surface area contributed by atoms with Crippen LogP contribution in [0, 0.1) is 11.3 Å². The first-order valence-electron chi connectivity index (χ1n) is 8.79. The van der Waals surface area contributed by atoms with Gasteiger partial charge in [0.1, 0.15) is 0 Å². The minimum atomic E-state index is 0.00748. The molecule has 1 saturated heterocycles. The zero-order valence-corrected chi connectivity index (χ0v) is 14.7. The molecule has 132 valence electrons. The van der Waals surface area contributed by atoms with E-state index >= 15 is 0 Å². The van der Waals surface area contributed by atoms with Crippen LogP contribution < -0.4 is 0 Å². The summed E-state index contributed by atoms with van der Waals surface area (Å²) in [5.74, 6) is 1.85. The first kappa shape index (κ1) is 16.3. The number of nitrogens with zero attached hydrogens (tertiary/aromatic N) is 6. The monoisotopic (exact) mass is 348 g/mol. The molecule has 0 aliphatic carbocycles. The second-order valence-corrected chi connectivity index (χ2v) is 6.64. The number of carbonyl (C=O) groups excluding carboxylic acids is 1. The van der Waals surface area contributed by atoms with Crippen molar-refractivity contribution >= 4 is 17.6 Å². The van der Waals surface area contributed by atoms with Gasteiger partial charge in [-0.25, -0.2) is 4.99 Å². The fraction of sp³-hybridized carbons (Fsp3) is 0.368. The van der Waals surface area contributed by atoms with Crippen molar-refractivity contribution in [1.29, 1.82) is 5.26 Å². The Morgan fingerprint density at radius 2 is 1.88 bits per heavy atom. The number of piperazine rings is 1. The molecule has 3 aliphatic rings. The van der Waals surface area contributed by atoms with Crippen LogP contribution in [0.25, 0.3) is 0 Å². The fourth-order valence-electron chi connectivity index (χ4n) is 3.45. The van der Waals surface area contributed by atoms with E-state index in [9.17, 15) is 4.79 Å². The van der Waals surface area contributed by atoms with Crippen LogP contribution in [0.4, 0.5) is 0 Å². The third-order valence-corrected chi connectivity index (χ3v) is 4.98. The molecule has 0 bridgehead atoms. The predicted molar refractivity (Wildman–Crippen MR) is 98.8 cm³/mol. The Morgan fingerprint density at radius 1 is 1.15 bits per heavy atom. The maximum absolute atomic E-state index is 12.7. The average molecular weight is 348 g/mol. The number of hydrogen-bond donors (Lipinski definition) is 0. The smallest absolute Gasteiger partial charge is 0.253 e. The first-order valence-corrected chi connectivity index (χ1v) is 8.79. The summed E-state index contributed by atoms with van der Waals surface area (Å²) in [5.41, 5.74) is 1.18. The van der Waals surface area contributed by atoms with Crippen molar-refractivity contribution in [2.24, 2.45) is 9.98 Å². The van der Waals surface area contributed by atoms with E-state index in [4.69, 9.17) is 5.26 Å². The molecule has 1 fully saturated rings. The summed E-state index contributed by atoms with van der Waals surface area (Å²) in [7, 11) is 0.